The fourth-order valence-corrected chi connectivity index (χ4v) is 4.26. The first-order chi connectivity index (χ1) is 14.0. The number of amides is 1. The quantitative estimate of drug-likeness (QED) is 0.605. The van der Waals surface area contributed by atoms with Crippen molar-refractivity contribution in [1.29, 1.82) is 0 Å². The van der Waals surface area contributed by atoms with Crippen molar-refractivity contribution in [3.05, 3.63) is 77.1 Å². The van der Waals surface area contributed by atoms with Crippen molar-refractivity contribution in [3.63, 3.8) is 0 Å². The minimum absolute atomic E-state index is 0.109. The average molecular weight is 447 g/mol. The van der Waals surface area contributed by atoms with Gasteiger partial charge in [0, 0.05) is 34.4 Å². The van der Waals surface area contributed by atoms with Gasteiger partial charge in [-0.1, -0.05) is 11.6 Å². The maximum Gasteiger partial charge on any atom is 0.251 e. The SMILES string of the molecule is CC(C)(C)NS(=O)(=O)c1ccc(C(=O)NCc2cnn(-c3ccc(Cl)cc3)c2)cc1. The van der Waals surface area contributed by atoms with Crippen molar-refractivity contribution in [1.82, 2.24) is 19.8 Å². The Kier molecular flexibility index (Phi) is 6.30. The molecule has 0 atom stereocenters. The molecule has 7 nitrogen and oxygen atoms in total. The number of carbonyl (C=O) groups excluding carboxylic acids is 1. The highest BCUT2D eigenvalue weighted by Gasteiger charge is 2.22. The highest BCUT2D eigenvalue weighted by molar-refractivity contribution is 7.89. The molecule has 1 aromatic heterocycles. The molecule has 1 amide bonds. The second kappa shape index (κ2) is 8.59. The topological polar surface area (TPSA) is 93.1 Å². The lowest BCUT2D eigenvalue weighted by atomic mass is 10.1. The second-order valence-electron chi connectivity index (χ2n) is 7.83. The van der Waals surface area contributed by atoms with E-state index >= 15 is 0 Å². The van der Waals surface area contributed by atoms with Crippen molar-refractivity contribution in [2.24, 2.45) is 0 Å². The molecule has 0 radical (unpaired) electrons. The average Bonchev–Trinajstić information content (AvgIpc) is 3.14. The first-order valence-corrected chi connectivity index (χ1v) is 11.1. The first kappa shape index (κ1) is 22.0. The van der Waals surface area contributed by atoms with Crippen molar-refractivity contribution in [3.8, 4) is 5.69 Å². The van der Waals surface area contributed by atoms with E-state index in [-0.39, 0.29) is 17.3 Å². The predicted molar refractivity (Wildman–Crippen MR) is 116 cm³/mol. The lowest BCUT2D eigenvalue weighted by Gasteiger charge is -2.20. The van der Waals surface area contributed by atoms with E-state index in [0.29, 0.717) is 10.6 Å². The molecule has 1 heterocycles. The Bertz CT molecular complexity index is 1130. The first-order valence-electron chi connectivity index (χ1n) is 9.25. The summed E-state index contributed by atoms with van der Waals surface area (Å²) in [6.45, 7) is 5.59. The van der Waals surface area contributed by atoms with Crippen LogP contribution in [0.5, 0.6) is 0 Å². The number of aromatic nitrogens is 2. The smallest absolute Gasteiger partial charge is 0.251 e. The number of sulfonamides is 1. The molecular weight excluding hydrogens is 424 g/mol. The van der Waals surface area contributed by atoms with Crippen molar-refractivity contribution in [2.45, 2.75) is 37.8 Å². The number of rotatable bonds is 6. The van der Waals surface area contributed by atoms with Gasteiger partial charge in [0.05, 0.1) is 16.8 Å². The Balaban J connectivity index is 1.62. The fraction of sp³-hybridized carbons (Fsp3) is 0.238. The number of nitrogens with one attached hydrogen (secondary N) is 2. The van der Waals surface area contributed by atoms with Gasteiger partial charge >= 0.3 is 0 Å². The summed E-state index contributed by atoms with van der Waals surface area (Å²) in [5.41, 5.74) is 1.46. The van der Waals surface area contributed by atoms with Gasteiger partial charge < -0.3 is 5.32 Å². The van der Waals surface area contributed by atoms with E-state index in [1.165, 1.54) is 24.3 Å². The summed E-state index contributed by atoms with van der Waals surface area (Å²) < 4.78 is 29.0. The molecular formula is C21H23ClN4O3S. The van der Waals surface area contributed by atoms with Crippen molar-refractivity contribution >= 4 is 27.5 Å². The molecule has 0 saturated carbocycles. The third-order valence-corrected chi connectivity index (χ3v) is 6.07. The Morgan fingerprint density at radius 1 is 1.07 bits per heavy atom. The molecule has 0 bridgehead atoms. The second-order valence-corrected chi connectivity index (χ2v) is 9.95. The van der Waals surface area contributed by atoms with Crippen LogP contribution in [0.1, 0.15) is 36.7 Å². The maximum absolute atomic E-state index is 12.4. The molecule has 9 heteroatoms. The van der Waals surface area contributed by atoms with Crippen LogP contribution in [-0.2, 0) is 16.6 Å². The van der Waals surface area contributed by atoms with Gasteiger partial charge in [0.25, 0.3) is 5.91 Å². The lowest BCUT2D eigenvalue weighted by molar-refractivity contribution is 0.0951. The molecule has 0 saturated heterocycles. The molecule has 0 aliphatic heterocycles. The Hall–Kier alpha value is -2.68. The highest BCUT2D eigenvalue weighted by Crippen LogP contribution is 2.15. The number of benzene rings is 2. The molecule has 3 rings (SSSR count). The van der Waals surface area contributed by atoms with E-state index in [1.807, 2.05) is 18.3 Å². The molecule has 2 aromatic carbocycles. The van der Waals surface area contributed by atoms with Crippen LogP contribution < -0.4 is 10.0 Å². The van der Waals surface area contributed by atoms with Crippen LogP contribution in [0.4, 0.5) is 0 Å². The summed E-state index contributed by atoms with van der Waals surface area (Å²) in [5, 5.41) is 7.74. The third kappa shape index (κ3) is 5.69. The van der Waals surface area contributed by atoms with Crippen LogP contribution in [0.25, 0.3) is 5.69 Å². The molecule has 158 valence electrons. The zero-order valence-corrected chi connectivity index (χ0v) is 18.5. The molecule has 0 fully saturated rings. The van der Waals surface area contributed by atoms with Gasteiger partial charge in [-0.25, -0.2) is 17.8 Å². The third-order valence-electron chi connectivity index (χ3n) is 4.05. The Morgan fingerprint density at radius 2 is 1.70 bits per heavy atom. The molecule has 0 aliphatic rings. The number of hydrogen-bond donors (Lipinski definition) is 2. The summed E-state index contributed by atoms with van der Waals surface area (Å²) in [4.78, 5) is 12.5. The normalized spacial score (nSPS) is 12.0. The molecule has 0 spiro atoms. The minimum atomic E-state index is -3.64. The Morgan fingerprint density at radius 3 is 2.30 bits per heavy atom. The Labute approximate surface area is 181 Å². The fourth-order valence-electron chi connectivity index (χ4n) is 2.72. The summed E-state index contributed by atoms with van der Waals surface area (Å²) >= 11 is 5.90. The number of carbonyl (C=O) groups is 1. The van der Waals surface area contributed by atoms with E-state index in [2.05, 4.69) is 15.1 Å². The van der Waals surface area contributed by atoms with Gasteiger partial charge in [0.15, 0.2) is 0 Å². The van der Waals surface area contributed by atoms with E-state index in [0.717, 1.165) is 11.3 Å². The zero-order chi connectivity index (χ0) is 21.9. The molecule has 0 unspecified atom stereocenters. The van der Waals surface area contributed by atoms with Gasteiger partial charge in [-0.15, -0.1) is 0 Å². The summed E-state index contributed by atoms with van der Waals surface area (Å²) in [6.07, 6.45) is 3.49. The van der Waals surface area contributed by atoms with Crippen LogP contribution in [0.2, 0.25) is 5.02 Å². The van der Waals surface area contributed by atoms with E-state index < -0.39 is 15.6 Å². The zero-order valence-electron chi connectivity index (χ0n) is 16.9. The van der Waals surface area contributed by atoms with Crippen LogP contribution in [0.15, 0.2) is 65.8 Å². The lowest BCUT2D eigenvalue weighted by Crippen LogP contribution is -2.40. The van der Waals surface area contributed by atoms with Crippen LogP contribution in [0.3, 0.4) is 0 Å². The molecule has 0 aliphatic carbocycles. The minimum Gasteiger partial charge on any atom is -0.348 e. The van der Waals surface area contributed by atoms with Crippen LogP contribution in [-0.4, -0.2) is 29.6 Å². The van der Waals surface area contributed by atoms with Crippen LogP contribution >= 0.6 is 11.6 Å². The van der Waals surface area contributed by atoms with Gasteiger partial charge in [0.1, 0.15) is 0 Å². The molecule has 30 heavy (non-hydrogen) atoms. The number of halogens is 1. The van der Waals surface area contributed by atoms with Crippen LogP contribution in [0, 0.1) is 0 Å². The van der Waals surface area contributed by atoms with E-state index in [1.54, 1.807) is 43.8 Å². The predicted octanol–water partition coefficient (Wildman–Crippen LogP) is 3.53. The summed E-state index contributed by atoms with van der Waals surface area (Å²) in [5.74, 6) is -0.304. The highest BCUT2D eigenvalue weighted by atomic mass is 35.5. The maximum atomic E-state index is 12.4. The van der Waals surface area contributed by atoms with Gasteiger partial charge in [-0.05, 0) is 69.3 Å². The summed E-state index contributed by atoms with van der Waals surface area (Å²) in [7, 11) is -3.64. The largest absolute Gasteiger partial charge is 0.348 e. The molecule has 2 N–H and O–H groups in total. The van der Waals surface area contributed by atoms with E-state index in [4.69, 9.17) is 11.6 Å². The molecule has 3 aromatic rings. The van der Waals surface area contributed by atoms with Gasteiger partial charge in [-0.3, -0.25) is 4.79 Å². The van der Waals surface area contributed by atoms with E-state index in [9.17, 15) is 13.2 Å². The summed E-state index contributed by atoms with van der Waals surface area (Å²) in [6, 6.07) is 13.1. The van der Waals surface area contributed by atoms with Gasteiger partial charge in [0.2, 0.25) is 10.0 Å². The standard InChI is InChI=1S/C21H23ClN4O3S/c1-21(2,3)25-30(28,29)19-10-4-16(5-11-19)20(27)23-12-15-13-24-26(14-15)18-8-6-17(22)7-9-18/h4-11,13-14,25H,12H2,1-3H3,(H,23,27). The van der Waals surface area contributed by atoms with Gasteiger partial charge in [-0.2, -0.15) is 5.10 Å². The van der Waals surface area contributed by atoms with Crippen molar-refractivity contribution < 1.29 is 13.2 Å². The van der Waals surface area contributed by atoms with Crippen molar-refractivity contribution in [2.75, 3.05) is 0 Å². The number of nitrogens with zero attached hydrogens (tertiary/aromatic N) is 2. The number of hydrogen-bond acceptors (Lipinski definition) is 4. The monoisotopic (exact) mass is 446 g/mol.